The highest BCUT2D eigenvalue weighted by Crippen LogP contribution is 2.44. The quantitative estimate of drug-likeness (QED) is 0.151. The van der Waals surface area contributed by atoms with Crippen molar-refractivity contribution >= 4 is 23.8 Å². The minimum atomic E-state index is -1.02. The van der Waals surface area contributed by atoms with Gasteiger partial charge in [-0.1, -0.05) is 42.5 Å². The van der Waals surface area contributed by atoms with Crippen molar-refractivity contribution in [2.75, 3.05) is 0 Å². The van der Waals surface area contributed by atoms with E-state index >= 15 is 0 Å². The van der Waals surface area contributed by atoms with Crippen molar-refractivity contribution in [3.63, 3.8) is 0 Å². The van der Waals surface area contributed by atoms with Gasteiger partial charge in [-0.3, -0.25) is 9.59 Å². The van der Waals surface area contributed by atoms with Crippen LogP contribution in [0.15, 0.2) is 90.6 Å². The van der Waals surface area contributed by atoms with Crippen LogP contribution in [0.1, 0.15) is 26.3 Å². The Balaban J connectivity index is 1.70. The van der Waals surface area contributed by atoms with E-state index in [4.69, 9.17) is 11.3 Å². The zero-order valence-electron chi connectivity index (χ0n) is 19.6. The van der Waals surface area contributed by atoms with Crippen LogP contribution in [-0.4, -0.2) is 23.3 Å². The molecule has 180 valence electrons. The zero-order chi connectivity index (χ0) is 26.8. The molecule has 0 bridgehead atoms. The molecule has 4 aromatic rings. The summed E-state index contributed by atoms with van der Waals surface area (Å²) in [5, 5.41) is 18.8. The second kappa shape index (κ2) is 9.69. The Hall–Kier alpha value is -5.79. The molecule has 0 fully saturated rings. The molecule has 5 rings (SSSR count). The first kappa shape index (κ1) is 23.9. The van der Waals surface area contributed by atoms with E-state index in [1.807, 2.05) is 18.2 Å². The van der Waals surface area contributed by atoms with Gasteiger partial charge < -0.3 is 9.84 Å². The molecule has 38 heavy (non-hydrogen) atoms. The third-order valence-corrected chi connectivity index (χ3v) is 6.36. The number of benzene rings is 4. The molecule has 0 saturated heterocycles. The summed E-state index contributed by atoms with van der Waals surface area (Å²) in [5.41, 5.74) is 5.31. The molecule has 1 N–H and O–H groups in total. The number of hydrogen-bond acceptors (Lipinski definition) is 5. The number of Topliss-reactive ketones (excluding diaryl/α,β-unsaturated/α-hetero) is 1. The van der Waals surface area contributed by atoms with Gasteiger partial charge >= 0.3 is 5.97 Å². The van der Waals surface area contributed by atoms with Gasteiger partial charge in [0, 0.05) is 11.1 Å². The highest BCUT2D eigenvalue weighted by molar-refractivity contribution is 6.35. The van der Waals surface area contributed by atoms with Gasteiger partial charge in [-0.05, 0) is 81.4 Å². The number of nitriles is 1. The molecule has 0 amide bonds. The Morgan fingerprint density at radius 1 is 0.816 bits per heavy atom. The SMILES string of the molecule is [C-]#[N+]C(C#N)=C1C(=O)c2ccc(-c3ccc(OC=O)cc3)cc2-c2cc(-c3ccc(C(=O)O)cc3)ccc21. The number of ether oxygens (including phenoxy) is 1. The van der Waals surface area contributed by atoms with Gasteiger partial charge in [0.05, 0.1) is 18.2 Å². The van der Waals surface area contributed by atoms with Crippen molar-refractivity contribution in [2.45, 2.75) is 0 Å². The predicted octanol–water partition coefficient (Wildman–Crippen LogP) is 6.27. The molecule has 0 radical (unpaired) electrons. The lowest BCUT2D eigenvalue weighted by Gasteiger charge is -2.23. The summed E-state index contributed by atoms with van der Waals surface area (Å²) in [7, 11) is 0. The van der Waals surface area contributed by atoms with Crippen molar-refractivity contribution in [1.82, 2.24) is 0 Å². The van der Waals surface area contributed by atoms with Crippen molar-refractivity contribution in [1.29, 1.82) is 5.26 Å². The number of aromatic carboxylic acids is 1. The van der Waals surface area contributed by atoms with Crippen LogP contribution in [-0.2, 0) is 4.79 Å². The smallest absolute Gasteiger partial charge is 0.335 e. The van der Waals surface area contributed by atoms with E-state index in [9.17, 15) is 24.8 Å². The average molecular weight is 496 g/mol. The molecule has 4 aromatic carbocycles. The van der Waals surface area contributed by atoms with E-state index in [-0.39, 0.29) is 16.8 Å². The van der Waals surface area contributed by atoms with Crippen molar-refractivity contribution in [3.05, 3.63) is 119 Å². The summed E-state index contributed by atoms with van der Waals surface area (Å²) >= 11 is 0. The Kier molecular flexibility index (Phi) is 6.10. The fourth-order valence-electron chi connectivity index (χ4n) is 4.52. The Bertz CT molecular complexity index is 1740. The second-order valence-electron chi connectivity index (χ2n) is 8.42. The van der Waals surface area contributed by atoms with Gasteiger partial charge in [0.25, 0.3) is 12.2 Å². The molecule has 0 aromatic heterocycles. The van der Waals surface area contributed by atoms with Crippen LogP contribution in [0.25, 0.3) is 43.8 Å². The number of carboxylic acids is 1. The highest BCUT2D eigenvalue weighted by Gasteiger charge is 2.30. The van der Waals surface area contributed by atoms with E-state index in [0.717, 1.165) is 22.3 Å². The zero-order valence-corrected chi connectivity index (χ0v) is 19.6. The second-order valence-corrected chi connectivity index (χ2v) is 8.42. The molecule has 7 heteroatoms. The van der Waals surface area contributed by atoms with Gasteiger partial charge in [0.1, 0.15) is 5.75 Å². The van der Waals surface area contributed by atoms with Crippen molar-refractivity contribution < 1.29 is 24.2 Å². The molecule has 0 unspecified atom stereocenters. The van der Waals surface area contributed by atoms with E-state index in [1.165, 1.54) is 12.1 Å². The van der Waals surface area contributed by atoms with E-state index in [2.05, 4.69) is 4.85 Å². The van der Waals surface area contributed by atoms with Gasteiger partial charge in [-0.15, -0.1) is 0 Å². The summed E-state index contributed by atoms with van der Waals surface area (Å²) in [5.74, 6) is -1.02. The van der Waals surface area contributed by atoms with E-state index in [0.29, 0.717) is 34.5 Å². The number of carbonyl (C=O) groups excluding carboxylic acids is 2. The number of ketones is 1. The van der Waals surface area contributed by atoms with E-state index < -0.39 is 11.8 Å². The largest absolute Gasteiger partial charge is 0.478 e. The summed E-state index contributed by atoms with van der Waals surface area (Å²) in [6.45, 7) is 7.80. The number of carboxylic acid groups (broad SMARTS) is 1. The minimum absolute atomic E-state index is 0.0564. The van der Waals surface area contributed by atoms with Crippen LogP contribution < -0.4 is 4.74 Å². The Morgan fingerprint density at radius 2 is 1.34 bits per heavy atom. The van der Waals surface area contributed by atoms with Crippen LogP contribution in [0, 0.1) is 17.9 Å². The fraction of sp³-hybridized carbons (Fsp3) is 0. The maximum atomic E-state index is 13.5. The van der Waals surface area contributed by atoms with Gasteiger partial charge in [0.15, 0.2) is 5.78 Å². The average Bonchev–Trinajstić information content (AvgIpc) is 2.95. The minimum Gasteiger partial charge on any atom is -0.478 e. The summed E-state index contributed by atoms with van der Waals surface area (Å²) in [4.78, 5) is 38.7. The van der Waals surface area contributed by atoms with Gasteiger partial charge in [-0.2, -0.15) is 0 Å². The maximum absolute atomic E-state index is 13.5. The molecule has 1 aliphatic rings. The van der Waals surface area contributed by atoms with Gasteiger partial charge in [-0.25, -0.2) is 14.9 Å². The summed E-state index contributed by atoms with van der Waals surface area (Å²) in [6.07, 6.45) is 0. The third kappa shape index (κ3) is 4.11. The molecule has 0 atom stereocenters. The normalized spacial score (nSPS) is 12.8. The predicted molar refractivity (Wildman–Crippen MR) is 140 cm³/mol. The molecular formula is C31H16N2O5. The fourth-order valence-corrected chi connectivity index (χ4v) is 4.52. The Labute approximate surface area is 217 Å². The first-order valence-electron chi connectivity index (χ1n) is 11.3. The first-order chi connectivity index (χ1) is 18.4. The number of fused-ring (bicyclic) bond motifs is 3. The number of nitrogens with zero attached hydrogens (tertiary/aromatic N) is 2. The van der Waals surface area contributed by atoms with Crippen LogP contribution in [0.2, 0.25) is 0 Å². The summed E-state index contributed by atoms with van der Waals surface area (Å²) in [6, 6.07) is 25.9. The van der Waals surface area contributed by atoms with Crippen molar-refractivity contribution in [3.8, 4) is 45.2 Å². The lowest BCUT2D eigenvalue weighted by Crippen LogP contribution is -2.13. The molecular weight excluding hydrogens is 480 g/mol. The van der Waals surface area contributed by atoms with Crippen LogP contribution in [0.5, 0.6) is 5.75 Å². The number of carbonyl (C=O) groups is 3. The number of hydrogen-bond donors (Lipinski definition) is 1. The number of allylic oxidation sites excluding steroid dienone is 2. The van der Waals surface area contributed by atoms with Crippen LogP contribution in [0.4, 0.5) is 0 Å². The topological polar surface area (TPSA) is 109 Å². The third-order valence-electron chi connectivity index (χ3n) is 6.36. The molecule has 0 spiro atoms. The van der Waals surface area contributed by atoms with Crippen LogP contribution in [0.3, 0.4) is 0 Å². The summed E-state index contributed by atoms with van der Waals surface area (Å²) < 4.78 is 4.87. The highest BCUT2D eigenvalue weighted by atomic mass is 16.5. The number of rotatable bonds is 5. The van der Waals surface area contributed by atoms with E-state index in [1.54, 1.807) is 60.7 Å². The lowest BCUT2D eigenvalue weighted by molar-refractivity contribution is -0.120. The first-order valence-corrected chi connectivity index (χ1v) is 11.3. The van der Waals surface area contributed by atoms with Crippen molar-refractivity contribution in [2.24, 2.45) is 0 Å². The Morgan fingerprint density at radius 3 is 1.87 bits per heavy atom. The molecule has 7 nitrogen and oxygen atoms in total. The van der Waals surface area contributed by atoms with Crippen LogP contribution >= 0.6 is 0 Å². The van der Waals surface area contributed by atoms with Gasteiger partial charge in [0.2, 0.25) is 0 Å². The maximum Gasteiger partial charge on any atom is 0.335 e. The standard InChI is InChI=1S/C31H16N2O5/c1-33-28(16-32)29-24-12-8-21(18-2-4-20(5-3-18)31(36)37)14-26(24)27-15-22(9-13-25(27)30(29)35)19-6-10-23(11-7-19)38-17-34/h2-15,17H,(H,36,37). The molecule has 1 aliphatic carbocycles. The molecule has 0 heterocycles. The molecule has 0 aliphatic heterocycles. The lowest BCUT2D eigenvalue weighted by atomic mass is 9.78. The monoisotopic (exact) mass is 496 g/mol. The molecule has 0 saturated carbocycles.